The highest BCUT2D eigenvalue weighted by Gasteiger charge is 2.32. The minimum Gasteiger partial charge on any atom is -0.497 e. The highest BCUT2D eigenvalue weighted by atomic mass is 32.2. The summed E-state index contributed by atoms with van der Waals surface area (Å²) in [6.45, 7) is 7.86. The standard InChI is InChI=1S/C23H32N2O4S/c1-7-21(20-14-9-16(3)15-17(20)4)24-23(26)22(8-2)25(30(6,27)28)18-10-12-19(29-5)13-11-18/h9-15,21-22H,7-8H2,1-6H3,(H,24,26)/t21-,22-/m1/s1. The van der Waals surface area contributed by atoms with Crippen LogP contribution in [0.4, 0.5) is 5.69 Å². The first-order chi connectivity index (χ1) is 14.1. The van der Waals surface area contributed by atoms with E-state index in [9.17, 15) is 13.2 Å². The first-order valence-electron chi connectivity index (χ1n) is 10.1. The van der Waals surface area contributed by atoms with Gasteiger partial charge in [-0.2, -0.15) is 0 Å². The summed E-state index contributed by atoms with van der Waals surface area (Å²) in [5, 5.41) is 3.07. The van der Waals surface area contributed by atoms with Gasteiger partial charge >= 0.3 is 0 Å². The zero-order chi connectivity index (χ0) is 22.5. The molecular weight excluding hydrogens is 400 g/mol. The number of aryl methyl sites for hydroxylation is 2. The maximum atomic E-state index is 13.2. The zero-order valence-corrected chi connectivity index (χ0v) is 19.4. The quantitative estimate of drug-likeness (QED) is 0.647. The van der Waals surface area contributed by atoms with E-state index in [1.54, 1.807) is 31.4 Å². The summed E-state index contributed by atoms with van der Waals surface area (Å²) in [6, 6.07) is 11.8. The molecule has 6 nitrogen and oxygen atoms in total. The van der Waals surface area contributed by atoms with Crippen molar-refractivity contribution in [3.05, 3.63) is 59.2 Å². The van der Waals surface area contributed by atoms with Crippen LogP contribution in [0.1, 0.15) is 49.4 Å². The van der Waals surface area contributed by atoms with E-state index < -0.39 is 16.1 Å². The molecule has 0 aliphatic rings. The number of methoxy groups -OCH3 is 1. The van der Waals surface area contributed by atoms with Crippen LogP contribution < -0.4 is 14.4 Å². The molecule has 1 amide bonds. The van der Waals surface area contributed by atoms with Gasteiger partial charge < -0.3 is 10.1 Å². The summed E-state index contributed by atoms with van der Waals surface area (Å²) in [6.07, 6.45) is 2.16. The molecule has 0 unspecified atom stereocenters. The fraction of sp³-hybridized carbons (Fsp3) is 0.435. The SMILES string of the molecule is CC[C@H](C(=O)N[C@H](CC)c1ccc(C)cc1C)N(c1ccc(OC)cc1)S(C)(=O)=O. The van der Waals surface area contributed by atoms with Crippen LogP contribution in [-0.2, 0) is 14.8 Å². The molecular formula is C23H32N2O4S. The number of amides is 1. The van der Waals surface area contributed by atoms with Gasteiger partial charge in [-0.05, 0) is 62.1 Å². The molecule has 0 aromatic heterocycles. The van der Waals surface area contributed by atoms with Crippen LogP contribution in [0.5, 0.6) is 5.75 Å². The molecule has 0 spiro atoms. The fourth-order valence-electron chi connectivity index (χ4n) is 3.67. The van der Waals surface area contributed by atoms with Crippen molar-refractivity contribution in [2.75, 3.05) is 17.7 Å². The third-order valence-electron chi connectivity index (χ3n) is 5.18. The van der Waals surface area contributed by atoms with Crippen molar-refractivity contribution in [2.24, 2.45) is 0 Å². The van der Waals surface area contributed by atoms with Gasteiger partial charge in [-0.15, -0.1) is 0 Å². The van der Waals surface area contributed by atoms with Crippen molar-refractivity contribution in [3.8, 4) is 5.75 Å². The van der Waals surface area contributed by atoms with Gasteiger partial charge in [0.15, 0.2) is 0 Å². The Balaban J connectivity index is 2.36. The molecule has 2 aromatic carbocycles. The highest BCUT2D eigenvalue weighted by Crippen LogP contribution is 2.27. The molecule has 2 atom stereocenters. The summed E-state index contributed by atoms with van der Waals surface area (Å²) < 4.78 is 31.6. The molecule has 0 saturated carbocycles. The van der Waals surface area contributed by atoms with Crippen LogP contribution >= 0.6 is 0 Å². The fourth-order valence-corrected chi connectivity index (χ4v) is 4.89. The summed E-state index contributed by atoms with van der Waals surface area (Å²) in [5.74, 6) is 0.302. The van der Waals surface area contributed by atoms with Gasteiger partial charge in [-0.1, -0.05) is 37.6 Å². The van der Waals surface area contributed by atoms with E-state index in [1.165, 1.54) is 4.31 Å². The molecule has 0 fully saturated rings. The Hall–Kier alpha value is -2.54. The van der Waals surface area contributed by atoms with Crippen molar-refractivity contribution in [1.82, 2.24) is 5.32 Å². The molecule has 0 aliphatic heterocycles. The molecule has 1 N–H and O–H groups in total. The van der Waals surface area contributed by atoms with Gasteiger partial charge in [0.25, 0.3) is 0 Å². The van der Waals surface area contributed by atoms with Crippen molar-refractivity contribution in [1.29, 1.82) is 0 Å². The van der Waals surface area contributed by atoms with E-state index in [2.05, 4.69) is 11.4 Å². The molecule has 0 bridgehead atoms. The van der Waals surface area contributed by atoms with E-state index in [-0.39, 0.29) is 11.9 Å². The van der Waals surface area contributed by atoms with E-state index in [4.69, 9.17) is 4.74 Å². The number of rotatable bonds is 9. The van der Waals surface area contributed by atoms with Crippen molar-refractivity contribution < 1.29 is 17.9 Å². The van der Waals surface area contributed by atoms with Crippen molar-refractivity contribution in [2.45, 2.75) is 52.6 Å². The predicted molar refractivity (Wildman–Crippen MR) is 121 cm³/mol. The van der Waals surface area contributed by atoms with Crippen LogP contribution in [0.15, 0.2) is 42.5 Å². The first kappa shape index (κ1) is 23.7. The maximum absolute atomic E-state index is 13.2. The Bertz CT molecular complexity index is 971. The molecule has 2 rings (SSSR count). The molecule has 0 aliphatic carbocycles. The molecule has 0 radical (unpaired) electrons. The number of sulfonamides is 1. The summed E-state index contributed by atoms with van der Waals surface area (Å²) in [7, 11) is -2.14. The van der Waals surface area contributed by atoms with Crippen LogP contribution in [0.2, 0.25) is 0 Å². The normalized spacial score (nSPS) is 13.4. The number of nitrogens with zero attached hydrogens (tertiary/aromatic N) is 1. The topological polar surface area (TPSA) is 75.7 Å². The van der Waals surface area contributed by atoms with Gasteiger partial charge in [0, 0.05) is 0 Å². The lowest BCUT2D eigenvalue weighted by Crippen LogP contribution is -2.50. The van der Waals surface area contributed by atoms with E-state index in [1.807, 2.05) is 39.8 Å². The molecule has 0 heterocycles. The maximum Gasteiger partial charge on any atom is 0.244 e. The number of carbonyl (C=O) groups is 1. The number of anilines is 1. The highest BCUT2D eigenvalue weighted by molar-refractivity contribution is 7.92. The Labute approximate surface area is 180 Å². The number of ether oxygens (including phenoxy) is 1. The van der Waals surface area contributed by atoms with E-state index >= 15 is 0 Å². The summed E-state index contributed by atoms with van der Waals surface area (Å²) in [5.41, 5.74) is 3.73. The summed E-state index contributed by atoms with van der Waals surface area (Å²) in [4.78, 5) is 13.2. The van der Waals surface area contributed by atoms with Crippen LogP contribution in [0, 0.1) is 13.8 Å². The largest absolute Gasteiger partial charge is 0.497 e. The Morgan fingerprint density at radius 1 is 1.07 bits per heavy atom. The Morgan fingerprint density at radius 3 is 2.17 bits per heavy atom. The van der Waals surface area contributed by atoms with Crippen LogP contribution in [0.3, 0.4) is 0 Å². The van der Waals surface area contributed by atoms with Crippen LogP contribution in [-0.4, -0.2) is 33.7 Å². The van der Waals surface area contributed by atoms with E-state index in [0.717, 1.165) is 22.9 Å². The average molecular weight is 433 g/mol. The summed E-state index contributed by atoms with van der Waals surface area (Å²) >= 11 is 0. The second-order valence-corrected chi connectivity index (χ2v) is 9.37. The minimum absolute atomic E-state index is 0.190. The van der Waals surface area contributed by atoms with Gasteiger partial charge in [-0.25, -0.2) is 8.42 Å². The second kappa shape index (κ2) is 9.98. The van der Waals surface area contributed by atoms with Gasteiger partial charge in [0.05, 0.1) is 25.1 Å². The lowest BCUT2D eigenvalue weighted by molar-refractivity contribution is -0.123. The number of hydrogen-bond donors (Lipinski definition) is 1. The van der Waals surface area contributed by atoms with Crippen LogP contribution in [0.25, 0.3) is 0 Å². The van der Waals surface area contributed by atoms with Gasteiger partial charge in [0.1, 0.15) is 11.8 Å². The van der Waals surface area contributed by atoms with Crippen molar-refractivity contribution >= 4 is 21.6 Å². The zero-order valence-electron chi connectivity index (χ0n) is 18.6. The minimum atomic E-state index is -3.68. The predicted octanol–water partition coefficient (Wildman–Crippen LogP) is 4.12. The third kappa shape index (κ3) is 5.53. The lowest BCUT2D eigenvalue weighted by atomic mass is 9.97. The average Bonchev–Trinajstić information content (AvgIpc) is 2.69. The molecule has 164 valence electrons. The lowest BCUT2D eigenvalue weighted by Gasteiger charge is -2.31. The Kier molecular flexibility index (Phi) is 7.89. The Morgan fingerprint density at radius 2 is 1.70 bits per heavy atom. The first-order valence-corrected chi connectivity index (χ1v) is 12.0. The molecule has 0 saturated heterocycles. The number of hydrogen-bond acceptors (Lipinski definition) is 4. The smallest absolute Gasteiger partial charge is 0.244 e. The van der Waals surface area contributed by atoms with Crippen molar-refractivity contribution in [3.63, 3.8) is 0 Å². The number of benzene rings is 2. The monoisotopic (exact) mass is 432 g/mol. The molecule has 2 aromatic rings. The third-order valence-corrected chi connectivity index (χ3v) is 6.36. The second-order valence-electron chi connectivity index (χ2n) is 7.51. The number of carbonyl (C=O) groups excluding carboxylic acids is 1. The van der Waals surface area contributed by atoms with Gasteiger partial charge in [-0.3, -0.25) is 9.10 Å². The molecule has 7 heteroatoms. The van der Waals surface area contributed by atoms with Gasteiger partial charge in [0.2, 0.25) is 15.9 Å². The van der Waals surface area contributed by atoms with E-state index in [0.29, 0.717) is 24.3 Å². The molecule has 30 heavy (non-hydrogen) atoms. The number of nitrogens with one attached hydrogen (secondary N) is 1.